The van der Waals surface area contributed by atoms with Gasteiger partial charge >= 0.3 is 6.18 Å². The molecule has 1 saturated carbocycles. The number of aromatic nitrogens is 4. The number of hydrogen-bond donors (Lipinski definition) is 2. The fourth-order valence-electron chi connectivity index (χ4n) is 4.23. The maximum atomic E-state index is 12.7. The first kappa shape index (κ1) is 23.9. The van der Waals surface area contributed by atoms with Crippen LogP contribution in [-0.4, -0.2) is 71.3 Å². The van der Waals surface area contributed by atoms with Gasteiger partial charge in [0.2, 0.25) is 11.9 Å². The summed E-state index contributed by atoms with van der Waals surface area (Å²) in [5.41, 5.74) is 0.204. The molecule has 0 bridgehead atoms. The van der Waals surface area contributed by atoms with Crippen molar-refractivity contribution in [3.8, 4) is 0 Å². The number of amides is 1. The number of fused-ring (bicyclic) bond motifs is 1. The van der Waals surface area contributed by atoms with E-state index in [4.69, 9.17) is 4.74 Å². The summed E-state index contributed by atoms with van der Waals surface area (Å²) in [6.07, 6.45) is -1.50. The third-order valence-corrected chi connectivity index (χ3v) is 6.44. The molecular formula is C21H27F3N8O2. The predicted molar refractivity (Wildman–Crippen MR) is 120 cm³/mol. The SMILES string of the molecule is CO[C@H](C)[C@H]1C(=O)Nc2c(C)nc(N[C@H]3C[C@H](N(C)c4cnc(C(F)(F)F)cn4)C3)nc2N1C. The Morgan fingerprint density at radius 3 is 2.56 bits per heavy atom. The number of nitrogens with zero attached hydrogens (tertiary/aromatic N) is 6. The number of aryl methyl sites for hydroxylation is 1. The van der Waals surface area contributed by atoms with Crippen molar-refractivity contribution in [2.24, 2.45) is 0 Å². The van der Waals surface area contributed by atoms with Crippen molar-refractivity contribution >= 4 is 29.2 Å². The standard InChI is InChI=1S/C21H27F3N8O2/c1-10-16-18(32(4)17(11(2)34-5)19(33)29-16)30-20(27-10)28-12-6-13(7-12)31(3)15-9-25-14(8-26-15)21(22,23)24/h8-9,11-13,17H,6-7H2,1-5H3,(H,29,33)(H,27,28,30)/t11-,12-,13-,17+/m1/s1. The fraction of sp³-hybridized carbons (Fsp3) is 0.571. The number of hydrogen-bond acceptors (Lipinski definition) is 9. The number of rotatable bonds is 6. The van der Waals surface area contributed by atoms with E-state index < -0.39 is 17.9 Å². The van der Waals surface area contributed by atoms with Gasteiger partial charge in [-0.2, -0.15) is 18.2 Å². The number of ether oxygens (including phenoxy) is 1. The minimum absolute atomic E-state index is 0.0875. The lowest BCUT2D eigenvalue weighted by Crippen LogP contribution is -2.53. The van der Waals surface area contributed by atoms with Gasteiger partial charge in [-0.3, -0.25) is 4.79 Å². The Bertz CT molecular complexity index is 1060. The molecule has 2 aromatic heterocycles. The number of halogens is 3. The highest BCUT2D eigenvalue weighted by molar-refractivity contribution is 6.03. The van der Waals surface area contributed by atoms with Crippen LogP contribution in [0.3, 0.4) is 0 Å². The molecule has 10 nitrogen and oxygen atoms in total. The Balaban J connectivity index is 1.41. The molecule has 34 heavy (non-hydrogen) atoms. The van der Waals surface area contributed by atoms with Gasteiger partial charge in [0.05, 0.1) is 24.2 Å². The molecule has 13 heteroatoms. The van der Waals surface area contributed by atoms with Gasteiger partial charge in [0, 0.05) is 33.3 Å². The van der Waals surface area contributed by atoms with Gasteiger partial charge in [0.15, 0.2) is 11.5 Å². The summed E-state index contributed by atoms with van der Waals surface area (Å²) in [7, 11) is 5.14. The summed E-state index contributed by atoms with van der Waals surface area (Å²) < 4.78 is 43.5. The fourth-order valence-corrected chi connectivity index (χ4v) is 4.23. The summed E-state index contributed by atoms with van der Waals surface area (Å²) >= 11 is 0. The van der Waals surface area contributed by atoms with Gasteiger partial charge in [-0.1, -0.05) is 0 Å². The van der Waals surface area contributed by atoms with Crippen molar-refractivity contribution in [1.29, 1.82) is 0 Å². The molecule has 0 spiro atoms. The molecular weight excluding hydrogens is 453 g/mol. The third-order valence-electron chi connectivity index (χ3n) is 6.44. The topological polar surface area (TPSA) is 108 Å². The minimum Gasteiger partial charge on any atom is -0.379 e. The van der Waals surface area contributed by atoms with E-state index in [1.807, 2.05) is 11.8 Å². The lowest BCUT2D eigenvalue weighted by atomic mass is 9.86. The smallest absolute Gasteiger partial charge is 0.379 e. The van der Waals surface area contributed by atoms with Crippen molar-refractivity contribution in [1.82, 2.24) is 19.9 Å². The molecule has 0 saturated heterocycles. The van der Waals surface area contributed by atoms with Crippen LogP contribution in [-0.2, 0) is 15.7 Å². The van der Waals surface area contributed by atoms with Crippen LogP contribution in [0.4, 0.5) is 36.4 Å². The van der Waals surface area contributed by atoms with Crippen LogP contribution in [0.5, 0.6) is 0 Å². The zero-order valence-electron chi connectivity index (χ0n) is 19.5. The van der Waals surface area contributed by atoms with Crippen molar-refractivity contribution < 1.29 is 22.7 Å². The minimum atomic E-state index is -4.51. The number of carbonyl (C=O) groups excluding carboxylic acids is 1. The molecule has 0 radical (unpaired) electrons. The molecule has 184 valence electrons. The van der Waals surface area contributed by atoms with E-state index in [2.05, 4.69) is 30.6 Å². The van der Waals surface area contributed by atoms with Crippen molar-refractivity contribution in [3.63, 3.8) is 0 Å². The van der Waals surface area contributed by atoms with Crippen LogP contribution in [0, 0.1) is 6.92 Å². The second-order valence-electron chi connectivity index (χ2n) is 8.65. The molecule has 0 unspecified atom stereocenters. The maximum Gasteiger partial charge on any atom is 0.434 e. The number of anilines is 4. The Labute approximate surface area is 194 Å². The predicted octanol–water partition coefficient (Wildman–Crippen LogP) is 2.46. The van der Waals surface area contributed by atoms with Gasteiger partial charge in [-0.25, -0.2) is 15.0 Å². The van der Waals surface area contributed by atoms with Gasteiger partial charge in [-0.05, 0) is 26.7 Å². The lowest BCUT2D eigenvalue weighted by molar-refractivity contribution is -0.141. The molecule has 2 aliphatic rings. The van der Waals surface area contributed by atoms with Crippen LogP contribution in [0.1, 0.15) is 31.2 Å². The molecule has 2 aromatic rings. The molecule has 2 N–H and O–H groups in total. The summed E-state index contributed by atoms with van der Waals surface area (Å²) in [5.74, 6) is 1.26. The summed E-state index contributed by atoms with van der Waals surface area (Å²) in [4.78, 5) is 32.7. The Kier molecular flexibility index (Phi) is 6.23. The van der Waals surface area contributed by atoms with Crippen molar-refractivity contribution in [2.45, 2.75) is 57.1 Å². The van der Waals surface area contributed by atoms with E-state index in [0.29, 0.717) is 29.0 Å². The first-order chi connectivity index (χ1) is 16.0. The highest BCUT2D eigenvalue weighted by atomic mass is 19.4. The zero-order chi connectivity index (χ0) is 24.8. The van der Waals surface area contributed by atoms with Crippen LogP contribution in [0.25, 0.3) is 0 Å². The first-order valence-corrected chi connectivity index (χ1v) is 10.8. The van der Waals surface area contributed by atoms with Gasteiger partial charge < -0.3 is 25.2 Å². The Hall–Kier alpha value is -3.22. The van der Waals surface area contributed by atoms with Crippen LogP contribution in [0.15, 0.2) is 12.4 Å². The van der Waals surface area contributed by atoms with E-state index in [0.717, 1.165) is 25.2 Å². The van der Waals surface area contributed by atoms with Gasteiger partial charge in [0.25, 0.3) is 0 Å². The summed E-state index contributed by atoms with van der Waals surface area (Å²) in [5, 5.41) is 6.20. The molecule has 4 rings (SSSR count). The van der Waals surface area contributed by atoms with Gasteiger partial charge in [-0.15, -0.1) is 0 Å². The van der Waals surface area contributed by atoms with E-state index in [1.165, 1.54) is 0 Å². The molecule has 1 aliphatic heterocycles. The van der Waals surface area contributed by atoms with Gasteiger partial charge in [0.1, 0.15) is 17.5 Å². The number of nitrogens with one attached hydrogen (secondary N) is 2. The zero-order valence-corrected chi connectivity index (χ0v) is 19.5. The van der Waals surface area contributed by atoms with Crippen LogP contribution < -0.4 is 20.4 Å². The highest BCUT2D eigenvalue weighted by Crippen LogP contribution is 2.35. The highest BCUT2D eigenvalue weighted by Gasteiger charge is 2.38. The number of alkyl halides is 3. The quantitative estimate of drug-likeness (QED) is 0.645. The first-order valence-electron chi connectivity index (χ1n) is 10.8. The molecule has 3 heterocycles. The molecule has 0 aromatic carbocycles. The average Bonchev–Trinajstić information content (AvgIpc) is 2.75. The van der Waals surface area contributed by atoms with Crippen LogP contribution >= 0.6 is 0 Å². The molecule has 2 atom stereocenters. The van der Waals surface area contributed by atoms with E-state index in [9.17, 15) is 18.0 Å². The van der Waals surface area contributed by atoms with Crippen LogP contribution in [0.2, 0.25) is 0 Å². The third kappa shape index (κ3) is 4.43. The molecule has 1 fully saturated rings. The number of likely N-dealkylation sites (N-methyl/N-ethyl adjacent to an activating group) is 1. The monoisotopic (exact) mass is 480 g/mol. The normalized spacial score (nSPS) is 23.0. The van der Waals surface area contributed by atoms with E-state index in [-0.39, 0.29) is 24.1 Å². The maximum absolute atomic E-state index is 12.7. The average molecular weight is 480 g/mol. The second kappa shape index (κ2) is 8.85. The largest absolute Gasteiger partial charge is 0.434 e. The Morgan fingerprint density at radius 1 is 1.26 bits per heavy atom. The Morgan fingerprint density at radius 2 is 1.97 bits per heavy atom. The van der Waals surface area contributed by atoms with E-state index in [1.54, 1.807) is 33.0 Å². The van der Waals surface area contributed by atoms with Crippen molar-refractivity contribution in [3.05, 3.63) is 23.8 Å². The molecule has 1 amide bonds. The van der Waals surface area contributed by atoms with Crippen molar-refractivity contribution in [2.75, 3.05) is 41.6 Å². The van der Waals surface area contributed by atoms with E-state index >= 15 is 0 Å². The summed E-state index contributed by atoms with van der Waals surface area (Å²) in [6.45, 7) is 3.63. The summed E-state index contributed by atoms with van der Waals surface area (Å²) in [6, 6.07) is -0.341. The number of carbonyl (C=O) groups is 1. The lowest BCUT2D eigenvalue weighted by Gasteiger charge is -2.42. The molecule has 1 aliphatic carbocycles. The number of methoxy groups -OCH3 is 1. The second-order valence-corrected chi connectivity index (χ2v) is 8.65.